The van der Waals surface area contributed by atoms with Gasteiger partial charge in [-0.05, 0) is 70.2 Å². The van der Waals surface area contributed by atoms with Gasteiger partial charge in [0.1, 0.15) is 11.5 Å². The van der Waals surface area contributed by atoms with Crippen molar-refractivity contribution in [1.82, 2.24) is 5.32 Å². The molecule has 22 heavy (non-hydrogen) atoms. The summed E-state index contributed by atoms with van der Waals surface area (Å²) in [5, 5.41) is 3.35. The number of benzene rings is 1. The van der Waals surface area contributed by atoms with Crippen molar-refractivity contribution in [3.05, 3.63) is 24.3 Å². The molecular weight excluding hydrogens is 274 g/mol. The molecule has 1 saturated carbocycles. The minimum atomic E-state index is 0.398. The lowest BCUT2D eigenvalue weighted by Gasteiger charge is -2.23. The highest BCUT2D eigenvalue weighted by molar-refractivity contribution is 5.33. The van der Waals surface area contributed by atoms with Gasteiger partial charge in [0.05, 0.1) is 12.7 Å². The van der Waals surface area contributed by atoms with Crippen molar-refractivity contribution < 1.29 is 9.47 Å². The Balaban J connectivity index is 1.65. The second-order valence-electron chi connectivity index (χ2n) is 6.12. The van der Waals surface area contributed by atoms with Gasteiger partial charge in [-0.3, -0.25) is 0 Å². The zero-order chi connectivity index (χ0) is 15.5. The largest absolute Gasteiger partial charge is 0.493 e. The van der Waals surface area contributed by atoms with E-state index in [0.717, 1.165) is 37.6 Å². The summed E-state index contributed by atoms with van der Waals surface area (Å²) < 4.78 is 11.9. The maximum absolute atomic E-state index is 6.08. The molecule has 124 valence electrons. The molecule has 1 fully saturated rings. The SMILES string of the molecule is CCNCCCCCOc1cccc(OC2CCCCC2)c1. The predicted octanol–water partition coefficient (Wildman–Crippen LogP) is 4.56. The van der Waals surface area contributed by atoms with Crippen LogP contribution in [0, 0.1) is 0 Å². The van der Waals surface area contributed by atoms with E-state index in [-0.39, 0.29) is 0 Å². The number of unbranched alkanes of at least 4 members (excludes halogenated alkanes) is 2. The fourth-order valence-electron chi connectivity index (χ4n) is 2.91. The Morgan fingerprint density at radius 3 is 2.68 bits per heavy atom. The molecule has 0 spiro atoms. The first kappa shape index (κ1) is 17.1. The lowest BCUT2D eigenvalue weighted by molar-refractivity contribution is 0.154. The molecule has 0 aromatic heterocycles. The van der Waals surface area contributed by atoms with Crippen LogP contribution in [0.1, 0.15) is 58.3 Å². The fraction of sp³-hybridized carbons (Fsp3) is 0.684. The first-order valence-corrected chi connectivity index (χ1v) is 8.98. The monoisotopic (exact) mass is 305 g/mol. The quantitative estimate of drug-likeness (QED) is 0.643. The molecule has 1 aromatic carbocycles. The van der Waals surface area contributed by atoms with Crippen LogP contribution in [0.5, 0.6) is 11.5 Å². The lowest BCUT2D eigenvalue weighted by atomic mass is 9.98. The summed E-state index contributed by atoms with van der Waals surface area (Å²) in [7, 11) is 0. The van der Waals surface area contributed by atoms with Gasteiger partial charge in [0.25, 0.3) is 0 Å². The second kappa shape index (κ2) is 10.5. The third-order valence-corrected chi connectivity index (χ3v) is 4.18. The minimum Gasteiger partial charge on any atom is -0.493 e. The summed E-state index contributed by atoms with van der Waals surface area (Å²) in [4.78, 5) is 0. The van der Waals surface area contributed by atoms with E-state index < -0.39 is 0 Å². The number of rotatable bonds is 10. The molecule has 1 aromatic rings. The standard InChI is InChI=1S/C19H31NO2/c1-2-20-14-7-4-8-15-21-18-12-9-13-19(16-18)22-17-10-5-3-6-11-17/h9,12-13,16-17,20H,2-8,10-11,14-15H2,1H3. The second-order valence-corrected chi connectivity index (χ2v) is 6.12. The summed E-state index contributed by atoms with van der Waals surface area (Å²) in [5.41, 5.74) is 0. The van der Waals surface area contributed by atoms with E-state index in [9.17, 15) is 0 Å². The summed E-state index contributed by atoms with van der Waals surface area (Å²) in [6, 6.07) is 8.12. The zero-order valence-electron chi connectivity index (χ0n) is 14.0. The van der Waals surface area contributed by atoms with Crippen LogP contribution in [0.4, 0.5) is 0 Å². The first-order chi connectivity index (χ1) is 10.9. The summed E-state index contributed by atoms with van der Waals surface area (Å²) in [5.74, 6) is 1.89. The summed E-state index contributed by atoms with van der Waals surface area (Å²) in [6.07, 6.45) is 10.3. The summed E-state index contributed by atoms with van der Waals surface area (Å²) >= 11 is 0. The van der Waals surface area contributed by atoms with Crippen molar-refractivity contribution in [1.29, 1.82) is 0 Å². The Morgan fingerprint density at radius 2 is 1.86 bits per heavy atom. The van der Waals surface area contributed by atoms with Crippen LogP contribution < -0.4 is 14.8 Å². The predicted molar refractivity (Wildman–Crippen MR) is 91.8 cm³/mol. The number of hydrogen-bond acceptors (Lipinski definition) is 3. The van der Waals surface area contributed by atoms with E-state index in [1.54, 1.807) is 0 Å². The molecule has 0 heterocycles. The third-order valence-electron chi connectivity index (χ3n) is 4.18. The first-order valence-electron chi connectivity index (χ1n) is 8.98. The molecule has 3 heteroatoms. The van der Waals surface area contributed by atoms with Crippen LogP contribution >= 0.6 is 0 Å². The number of nitrogens with one attached hydrogen (secondary N) is 1. The topological polar surface area (TPSA) is 30.5 Å². The van der Waals surface area contributed by atoms with E-state index in [2.05, 4.69) is 12.2 Å². The molecule has 1 aliphatic carbocycles. The van der Waals surface area contributed by atoms with E-state index >= 15 is 0 Å². The van der Waals surface area contributed by atoms with Crippen molar-refractivity contribution in [3.8, 4) is 11.5 Å². The average Bonchev–Trinajstić information content (AvgIpc) is 2.55. The molecule has 1 N–H and O–H groups in total. The maximum atomic E-state index is 6.08. The smallest absolute Gasteiger partial charge is 0.123 e. The van der Waals surface area contributed by atoms with E-state index in [0.29, 0.717) is 6.10 Å². The molecular formula is C19H31NO2. The van der Waals surface area contributed by atoms with E-state index in [4.69, 9.17) is 9.47 Å². The van der Waals surface area contributed by atoms with Gasteiger partial charge in [-0.2, -0.15) is 0 Å². The van der Waals surface area contributed by atoms with Crippen LogP contribution in [0.2, 0.25) is 0 Å². The highest BCUT2D eigenvalue weighted by Gasteiger charge is 2.14. The molecule has 1 aliphatic rings. The lowest BCUT2D eigenvalue weighted by Crippen LogP contribution is -2.19. The Hall–Kier alpha value is -1.22. The van der Waals surface area contributed by atoms with Gasteiger partial charge in [-0.1, -0.05) is 19.4 Å². The van der Waals surface area contributed by atoms with Crippen molar-refractivity contribution in [3.63, 3.8) is 0 Å². The van der Waals surface area contributed by atoms with Crippen LogP contribution in [-0.2, 0) is 0 Å². The number of hydrogen-bond donors (Lipinski definition) is 1. The molecule has 0 atom stereocenters. The molecule has 0 saturated heterocycles. The van der Waals surface area contributed by atoms with Crippen molar-refractivity contribution >= 4 is 0 Å². The fourth-order valence-corrected chi connectivity index (χ4v) is 2.91. The Kier molecular flexibility index (Phi) is 8.18. The Morgan fingerprint density at radius 1 is 1.05 bits per heavy atom. The van der Waals surface area contributed by atoms with E-state index in [1.165, 1.54) is 44.9 Å². The van der Waals surface area contributed by atoms with Gasteiger partial charge < -0.3 is 14.8 Å². The van der Waals surface area contributed by atoms with Crippen molar-refractivity contribution in [2.24, 2.45) is 0 Å². The van der Waals surface area contributed by atoms with Crippen molar-refractivity contribution in [2.75, 3.05) is 19.7 Å². The van der Waals surface area contributed by atoms with Gasteiger partial charge in [0.15, 0.2) is 0 Å². The molecule has 0 radical (unpaired) electrons. The highest BCUT2D eigenvalue weighted by Crippen LogP contribution is 2.26. The van der Waals surface area contributed by atoms with Crippen LogP contribution in [-0.4, -0.2) is 25.8 Å². The average molecular weight is 305 g/mol. The van der Waals surface area contributed by atoms with Crippen LogP contribution in [0.3, 0.4) is 0 Å². The molecule has 0 bridgehead atoms. The zero-order valence-corrected chi connectivity index (χ0v) is 14.0. The molecule has 0 aliphatic heterocycles. The summed E-state index contributed by atoms with van der Waals surface area (Å²) in [6.45, 7) is 5.11. The van der Waals surface area contributed by atoms with Crippen LogP contribution in [0.15, 0.2) is 24.3 Å². The van der Waals surface area contributed by atoms with Gasteiger partial charge in [0, 0.05) is 6.07 Å². The molecule has 2 rings (SSSR count). The normalized spacial score (nSPS) is 15.7. The van der Waals surface area contributed by atoms with E-state index in [1.807, 2.05) is 24.3 Å². The number of ether oxygens (including phenoxy) is 2. The van der Waals surface area contributed by atoms with Gasteiger partial charge >= 0.3 is 0 Å². The van der Waals surface area contributed by atoms with Gasteiger partial charge in [-0.15, -0.1) is 0 Å². The Labute approximate surface area is 135 Å². The maximum Gasteiger partial charge on any atom is 0.123 e. The minimum absolute atomic E-state index is 0.398. The van der Waals surface area contributed by atoms with Crippen molar-refractivity contribution in [2.45, 2.75) is 64.4 Å². The van der Waals surface area contributed by atoms with Gasteiger partial charge in [0.2, 0.25) is 0 Å². The van der Waals surface area contributed by atoms with Gasteiger partial charge in [-0.25, -0.2) is 0 Å². The molecule has 0 amide bonds. The molecule has 0 unspecified atom stereocenters. The third kappa shape index (κ3) is 6.69. The molecule has 3 nitrogen and oxygen atoms in total. The Bertz CT molecular complexity index is 402. The van der Waals surface area contributed by atoms with Crippen LogP contribution in [0.25, 0.3) is 0 Å². The highest BCUT2D eigenvalue weighted by atomic mass is 16.5.